The molecule has 1 aliphatic rings. The van der Waals surface area contributed by atoms with Gasteiger partial charge in [0.05, 0.1) is 23.3 Å². The molecule has 2 atom stereocenters. The molecule has 1 aliphatic carbocycles. The topological polar surface area (TPSA) is 144 Å². The number of imide groups is 1. The van der Waals surface area contributed by atoms with Gasteiger partial charge in [-0.25, -0.2) is 22.7 Å². The molecule has 0 aliphatic heterocycles. The van der Waals surface area contributed by atoms with E-state index >= 15 is 0 Å². The zero-order valence-corrected chi connectivity index (χ0v) is 19.9. The van der Waals surface area contributed by atoms with E-state index in [0.717, 1.165) is 25.7 Å². The molecule has 0 radical (unpaired) electrons. The van der Waals surface area contributed by atoms with Crippen LogP contribution in [-0.2, 0) is 26.1 Å². The largest absolute Gasteiger partial charge is 0.468 e. The Bertz CT molecular complexity index is 1130. The van der Waals surface area contributed by atoms with Crippen molar-refractivity contribution in [3.05, 3.63) is 53.5 Å². The number of furan rings is 1. The minimum absolute atomic E-state index is 0.00201. The summed E-state index contributed by atoms with van der Waals surface area (Å²) in [6.45, 7) is 2.93. The fourth-order valence-corrected chi connectivity index (χ4v) is 4.78. The average Bonchev–Trinajstić information content (AvgIpc) is 3.32. The molecule has 184 valence electrons. The molecule has 1 aromatic carbocycles. The number of carbonyl (C=O) groups is 3. The number of ether oxygens (including phenoxy) is 1. The van der Waals surface area contributed by atoms with Gasteiger partial charge in [-0.2, -0.15) is 0 Å². The second kappa shape index (κ2) is 11.3. The molecule has 1 heterocycles. The van der Waals surface area contributed by atoms with Gasteiger partial charge in [0.2, 0.25) is 10.0 Å². The van der Waals surface area contributed by atoms with Crippen LogP contribution >= 0.6 is 0 Å². The van der Waals surface area contributed by atoms with E-state index < -0.39 is 34.5 Å². The van der Waals surface area contributed by atoms with Crippen LogP contribution in [0.3, 0.4) is 0 Å². The zero-order chi connectivity index (χ0) is 24.7. The van der Waals surface area contributed by atoms with Gasteiger partial charge in [-0.3, -0.25) is 10.1 Å². The van der Waals surface area contributed by atoms with E-state index in [-0.39, 0.29) is 23.0 Å². The van der Waals surface area contributed by atoms with Crippen molar-refractivity contribution >= 4 is 27.9 Å². The van der Waals surface area contributed by atoms with Crippen molar-refractivity contribution in [2.24, 2.45) is 5.92 Å². The zero-order valence-electron chi connectivity index (χ0n) is 19.1. The highest BCUT2D eigenvalue weighted by molar-refractivity contribution is 7.89. The van der Waals surface area contributed by atoms with Crippen molar-refractivity contribution < 1.29 is 32.0 Å². The number of hydrogen-bond donors (Lipinski definition) is 3. The number of carbonyl (C=O) groups excluding carboxylic acids is 3. The first-order valence-corrected chi connectivity index (χ1v) is 12.5. The Kier molecular flexibility index (Phi) is 8.46. The van der Waals surface area contributed by atoms with E-state index in [2.05, 4.69) is 22.3 Å². The van der Waals surface area contributed by atoms with Gasteiger partial charge in [0.15, 0.2) is 6.61 Å². The monoisotopic (exact) mass is 491 g/mol. The average molecular weight is 492 g/mol. The van der Waals surface area contributed by atoms with Gasteiger partial charge < -0.3 is 14.5 Å². The number of urea groups is 1. The van der Waals surface area contributed by atoms with Gasteiger partial charge in [-0.15, -0.1) is 0 Å². The van der Waals surface area contributed by atoms with Crippen LogP contribution in [0, 0.1) is 12.8 Å². The molecule has 10 nitrogen and oxygen atoms in total. The molecule has 2 aromatic rings. The van der Waals surface area contributed by atoms with Gasteiger partial charge in [0.25, 0.3) is 5.91 Å². The van der Waals surface area contributed by atoms with E-state index in [9.17, 15) is 22.8 Å². The van der Waals surface area contributed by atoms with E-state index in [1.807, 2.05) is 0 Å². The molecule has 1 aromatic heterocycles. The maximum atomic E-state index is 12.6. The van der Waals surface area contributed by atoms with Crippen molar-refractivity contribution in [3.63, 3.8) is 0 Å². The summed E-state index contributed by atoms with van der Waals surface area (Å²) in [6, 6.07) is 6.64. The van der Waals surface area contributed by atoms with Crippen LogP contribution in [0.4, 0.5) is 4.79 Å². The smallest absolute Gasteiger partial charge is 0.338 e. The number of nitrogens with one attached hydrogen (secondary N) is 3. The summed E-state index contributed by atoms with van der Waals surface area (Å²) in [5, 5.41) is 4.94. The lowest BCUT2D eigenvalue weighted by atomic mass is 9.86. The second-order valence-corrected chi connectivity index (χ2v) is 10.1. The lowest BCUT2D eigenvalue weighted by Gasteiger charge is -2.29. The molecular weight excluding hydrogens is 462 g/mol. The van der Waals surface area contributed by atoms with Gasteiger partial charge in [0, 0.05) is 6.04 Å². The third-order valence-electron chi connectivity index (χ3n) is 5.77. The van der Waals surface area contributed by atoms with Gasteiger partial charge in [-0.1, -0.05) is 25.8 Å². The summed E-state index contributed by atoms with van der Waals surface area (Å²) in [7, 11) is -3.93. The fraction of sp³-hybridized carbons (Fsp3) is 0.435. The summed E-state index contributed by atoms with van der Waals surface area (Å²) >= 11 is 0. The molecule has 3 N–H and O–H groups in total. The highest BCUT2D eigenvalue weighted by Gasteiger charge is 2.24. The van der Waals surface area contributed by atoms with Crippen molar-refractivity contribution in [2.75, 3.05) is 6.61 Å². The lowest BCUT2D eigenvalue weighted by molar-refractivity contribution is -0.123. The predicted molar refractivity (Wildman–Crippen MR) is 122 cm³/mol. The fourth-order valence-electron chi connectivity index (χ4n) is 3.76. The Labute approximate surface area is 198 Å². The lowest BCUT2D eigenvalue weighted by Crippen LogP contribution is -2.48. The van der Waals surface area contributed by atoms with Gasteiger partial charge in [0.1, 0.15) is 5.76 Å². The summed E-state index contributed by atoms with van der Waals surface area (Å²) in [4.78, 5) is 36.5. The Balaban J connectivity index is 1.54. The first-order valence-electron chi connectivity index (χ1n) is 11.1. The molecule has 3 amide bonds. The molecule has 11 heteroatoms. The third kappa shape index (κ3) is 6.91. The highest BCUT2D eigenvalue weighted by atomic mass is 32.2. The van der Waals surface area contributed by atoms with Crippen molar-refractivity contribution in [3.8, 4) is 0 Å². The number of amides is 3. The van der Waals surface area contributed by atoms with Crippen molar-refractivity contribution in [1.82, 2.24) is 15.4 Å². The number of benzene rings is 1. The maximum absolute atomic E-state index is 12.6. The minimum Gasteiger partial charge on any atom is -0.468 e. The van der Waals surface area contributed by atoms with Crippen molar-refractivity contribution in [1.29, 1.82) is 0 Å². The molecule has 3 rings (SSSR count). The second-order valence-electron chi connectivity index (χ2n) is 8.35. The van der Waals surface area contributed by atoms with Gasteiger partial charge >= 0.3 is 12.0 Å². The highest BCUT2D eigenvalue weighted by Crippen LogP contribution is 2.23. The SMILES string of the molecule is Cc1ccc(S(=O)(=O)NCc2ccco2)cc1C(=O)OCC(=O)NC(=O)N[C@@H]1CCCC[C@@H]1C. The molecule has 34 heavy (non-hydrogen) atoms. The van der Waals surface area contributed by atoms with E-state index in [1.165, 1.54) is 24.5 Å². The summed E-state index contributed by atoms with van der Waals surface area (Å²) in [5.74, 6) is -0.899. The van der Waals surface area contributed by atoms with Crippen LogP contribution in [0.25, 0.3) is 0 Å². The van der Waals surface area contributed by atoms with Crippen molar-refractivity contribution in [2.45, 2.75) is 57.0 Å². The number of sulfonamides is 1. The molecular formula is C23H29N3O7S. The Morgan fingerprint density at radius 3 is 2.62 bits per heavy atom. The molecule has 0 saturated heterocycles. The van der Waals surface area contributed by atoms with E-state index in [1.54, 1.807) is 19.1 Å². The Hall–Kier alpha value is -3.18. The van der Waals surface area contributed by atoms with Crippen LogP contribution in [0.1, 0.15) is 54.3 Å². The quantitative estimate of drug-likeness (QED) is 0.482. The number of aryl methyl sites for hydroxylation is 1. The minimum atomic E-state index is -3.93. The summed E-state index contributed by atoms with van der Waals surface area (Å²) in [6.07, 6.45) is 5.45. The van der Waals surface area contributed by atoms with E-state index in [0.29, 0.717) is 17.2 Å². The maximum Gasteiger partial charge on any atom is 0.338 e. The molecule has 0 spiro atoms. The normalized spacial score (nSPS) is 18.2. The third-order valence-corrected chi connectivity index (χ3v) is 7.17. The first kappa shape index (κ1) is 25.4. The van der Waals surface area contributed by atoms with Crippen LogP contribution < -0.4 is 15.4 Å². The number of esters is 1. The van der Waals surface area contributed by atoms with Crippen LogP contribution in [0.15, 0.2) is 45.9 Å². The molecule has 0 bridgehead atoms. The van der Waals surface area contributed by atoms with E-state index in [4.69, 9.17) is 9.15 Å². The molecule has 1 saturated carbocycles. The standard InChI is InChI=1S/C23H29N3O7S/c1-15-9-10-18(34(30,31)24-13-17-7-5-11-32-17)12-19(15)22(28)33-14-21(27)26-23(29)25-20-8-4-3-6-16(20)2/h5,7,9-12,16,20,24H,3-4,6,8,13-14H2,1-2H3,(H2,25,26,27,29)/t16-,20+/m0/s1. The van der Waals surface area contributed by atoms with Crippen LogP contribution in [0.5, 0.6) is 0 Å². The summed E-state index contributed by atoms with van der Waals surface area (Å²) in [5.41, 5.74) is 0.466. The van der Waals surface area contributed by atoms with Gasteiger partial charge in [-0.05, 0) is 55.5 Å². The molecule has 1 fully saturated rings. The van der Waals surface area contributed by atoms with Crippen LogP contribution in [-0.4, -0.2) is 39.0 Å². The molecule has 0 unspecified atom stereocenters. The number of rotatable bonds is 8. The van der Waals surface area contributed by atoms with Crippen LogP contribution in [0.2, 0.25) is 0 Å². The Morgan fingerprint density at radius 1 is 1.15 bits per heavy atom. The first-order chi connectivity index (χ1) is 16.2. The predicted octanol–water partition coefficient (Wildman–Crippen LogP) is 2.63. The number of hydrogen-bond acceptors (Lipinski definition) is 7. The Morgan fingerprint density at radius 2 is 1.91 bits per heavy atom. The summed E-state index contributed by atoms with van der Waals surface area (Å²) < 4.78 is 37.7.